The first kappa shape index (κ1) is 22.2. The smallest absolute Gasteiger partial charge is 0.338 e. The van der Waals surface area contributed by atoms with Crippen LogP contribution in [0.1, 0.15) is 20.7 Å². The van der Waals surface area contributed by atoms with Crippen LogP contribution >= 0.6 is 0 Å². The molecule has 166 valence electrons. The SMILES string of the molecule is CN(c1ccccc1)S(=O)(=O)c1ccc(C(=O)OCC(=O)c2ccc3ccccc3c2)cc1. The van der Waals surface area contributed by atoms with Crippen molar-refractivity contribution in [2.45, 2.75) is 4.90 Å². The number of benzene rings is 4. The molecule has 0 spiro atoms. The lowest BCUT2D eigenvalue weighted by molar-refractivity contribution is 0.0474. The highest BCUT2D eigenvalue weighted by atomic mass is 32.2. The van der Waals surface area contributed by atoms with Crippen molar-refractivity contribution in [2.75, 3.05) is 18.0 Å². The largest absolute Gasteiger partial charge is 0.454 e. The number of anilines is 1. The Balaban J connectivity index is 1.42. The van der Waals surface area contributed by atoms with Crippen LogP contribution in [0.3, 0.4) is 0 Å². The van der Waals surface area contributed by atoms with Crippen molar-refractivity contribution >= 4 is 38.2 Å². The summed E-state index contributed by atoms with van der Waals surface area (Å²) in [6, 6.07) is 27.1. The highest BCUT2D eigenvalue weighted by Crippen LogP contribution is 2.22. The Bertz CT molecular complexity index is 1410. The average Bonchev–Trinajstić information content (AvgIpc) is 2.86. The van der Waals surface area contributed by atoms with Gasteiger partial charge in [0, 0.05) is 12.6 Å². The maximum absolute atomic E-state index is 12.8. The van der Waals surface area contributed by atoms with Gasteiger partial charge in [-0.3, -0.25) is 9.10 Å². The van der Waals surface area contributed by atoms with Gasteiger partial charge in [-0.1, -0.05) is 54.6 Å². The number of nitrogens with zero attached hydrogens (tertiary/aromatic N) is 1. The standard InChI is InChI=1S/C26H21NO5S/c1-27(23-9-3-2-4-10-23)33(30,31)24-15-13-20(14-16-24)26(29)32-18-25(28)22-12-11-19-7-5-6-8-21(19)17-22/h2-17H,18H2,1H3. The second kappa shape index (κ2) is 9.26. The molecular weight excluding hydrogens is 438 g/mol. The first-order chi connectivity index (χ1) is 15.9. The topological polar surface area (TPSA) is 80.8 Å². The Morgan fingerprint density at radius 3 is 2.06 bits per heavy atom. The summed E-state index contributed by atoms with van der Waals surface area (Å²) in [5, 5.41) is 1.94. The molecule has 0 aliphatic heterocycles. The molecule has 0 aromatic heterocycles. The number of carbonyl (C=O) groups excluding carboxylic acids is 2. The minimum absolute atomic E-state index is 0.0395. The Morgan fingerprint density at radius 1 is 0.758 bits per heavy atom. The monoisotopic (exact) mass is 459 g/mol. The summed E-state index contributed by atoms with van der Waals surface area (Å²) in [5.74, 6) is -1.03. The summed E-state index contributed by atoms with van der Waals surface area (Å²) < 4.78 is 32.0. The van der Waals surface area contributed by atoms with E-state index in [4.69, 9.17) is 4.74 Å². The maximum Gasteiger partial charge on any atom is 0.338 e. The summed E-state index contributed by atoms with van der Waals surface area (Å²) in [4.78, 5) is 24.9. The first-order valence-corrected chi connectivity index (χ1v) is 11.6. The maximum atomic E-state index is 12.8. The molecule has 0 radical (unpaired) electrons. The van der Waals surface area contributed by atoms with Crippen LogP contribution in [0.5, 0.6) is 0 Å². The van der Waals surface area contributed by atoms with Gasteiger partial charge in [-0.25, -0.2) is 13.2 Å². The van der Waals surface area contributed by atoms with Crippen LogP contribution in [-0.4, -0.2) is 33.8 Å². The van der Waals surface area contributed by atoms with Crippen LogP contribution in [0.4, 0.5) is 5.69 Å². The highest BCUT2D eigenvalue weighted by Gasteiger charge is 2.22. The molecule has 0 bridgehead atoms. The summed E-state index contributed by atoms with van der Waals surface area (Å²) >= 11 is 0. The molecule has 33 heavy (non-hydrogen) atoms. The van der Waals surface area contributed by atoms with Crippen LogP contribution < -0.4 is 4.31 Å². The number of hydrogen-bond donors (Lipinski definition) is 0. The third-order valence-electron chi connectivity index (χ3n) is 5.27. The lowest BCUT2D eigenvalue weighted by Crippen LogP contribution is -2.26. The van der Waals surface area contributed by atoms with E-state index in [9.17, 15) is 18.0 Å². The summed E-state index contributed by atoms with van der Waals surface area (Å²) in [5.41, 5.74) is 1.13. The summed E-state index contributed by atoms with van der Waals surface area (Å²) in [6.07, 6.45) is 0. The normalized spacial score (nSPS) is 11.2. The van der Waals surface area contributed by atoms with Gasteiger partial charge in [0.05, 0.1) is 16.1 Å². The summed E-state index contributed by atoms with van der Waals surface area (Å²) in [7, 11) is -2.32. The number of para-hydroxylation sites is 1. The van der Waals surface area contributed by atoms with E-state index in [-0.39, 0.29) is 16.2 Å². The van der Waals surface area contributed by atoms with Crippen LogP contribution in [0.15, 0.2) is 102 Å². The molecular formula is C26H21NO5S. The zero-order chi connectivity index (χ0) is 23.4. The van der Waals surface area contributed by atoms with E-state index in [0.717, 1.165) is 10.8 Å². The molecule has 4 aromatic rings. The number of rotatable bonds is 7. The molecule has 0 fully saturated rings. The molecule has 4 aromatic carbocycles. The quantitative estimate of drug-likeness (QED) is 0.295. The number of hydrogen-bond acceptors (Lipinski definition) is 5. The van der Waals surface area contributed by atoms with E-state index < -0.39 is 22.6 Å². The van der Waals surface area contributed by atoms with Crippen LogP contribution in [0.25, 0.3) is 10.8 Å². The van der Waals surface area contributed by atoms with Crippen molar-refractivity contribution in [1.29, 1.82) is 0 Å². The van der Waals surface area contributed by atoms with Crippen LogP contribution in [0, 0.1) is 0 Å². The minimum atomic E-state index is -3.79. The van der Waals surface area contributed by atoms with Crippen molar-refractivity contribution in [3.63, 3.8) is 0 Å². The van der Waals surface area contributed by atoms with E-state index in [1.54, 1.807) is 42.5 Å². The van der Waals surface area contributed by atoms with E-state index in [0.29, 0.717) is 11.3 Å². The number of sulfonamides is 1. The molecule has 7 heteroatoms. The Kier molecular flexibility index (Phi) is 6.24. The minimum Gasteiger partial charge on any atom is -0.454 e. The molecule has 0 aliphatic carbocycles. The summed E-state index contributed by atoms with van der Waals surface area (Å²) in [6.45, 7) is -0.409. The van der Waals surface area contributed by atoms with Gasteiger partial charge in [0.1, 0.15) is 0 Å². The Hall–Kier alpha value is -3.97. The number of fused-ring (bicyclic) bond motifs is 1. The molecule has 0 atom stereocenters. The van der Waals surface area contributed by atoms with Crippen LogP contribution in [-0.2, 0) is 14.8 Å². The van der Waals surface area contributed by atoms with Crippen molar-refractivity contribution in [2.24, 2.45) is 0 Å². The van der Waals surface area contributed by atoms with Gasteiger partial charge in [0.15, 0.2) is 12.4 Å². The predicted molar refractivity (Wildman–Crippen MR) is 127 cm³/mol. The average molecular weight is 460 g/mol. The number of Topliss-reactive ketones (excluding diaryl/α,β-unsaturated/α-hetero) is 1. The Morgan fingerprint density at radius 2 is 1.36 bits per heavy atom. The van der Waals surface area contributed by atoms with Gasteiger partial charge in [0.2, 0.25) is 0 Å². The van der Waals surface area contributed by atoms with Crippen molar-refractivity contribution in [3.05, 3.63) is 108 Å². The predicted octanol–water partition coefficient (Wildman–Crippen LogP) is 4.70. The van der Waals surface area contributed by atoms with Crippen molar-refractivity contribution < 1.29 is 22.7 Å². The molecule has 0 unspecified atom stereocenters. The molecule has 0 amide bonds. The molecule has 0 N–H and O–H groups in total. The number of ketones is 1. The third kappa shape index (κ3) is 4.78. The fourth-order valence-corrected chi connectivity index (χ4v) is 4.55. The van der Waals surface area contributed by atoms with Gasteiger partial charge >= 0.3 is 5.97 Å². The molecule has 4 rings (SSSR count). The highest BCUT2D eigenvalue weighted by molar-refractivity contribution is 7.92. The van der Waals surface area contributed by atoms with Crippen LogP contribution in [0.2, 0.25) is 0 Å². The fraction of sp³-hybridized carbons (Fsp3) is 0.0769. The molecule has 0 saturated carbocycles. The number of esters is 1. The third-order valence-corrected chi connectivity index (χ3v) is 7.07. The van der Waals surface area contributed by atoms with Gasteiger partial charge in [0.25, 0.3) is 10.0 Å². The zero-order valence-corrected chi connectivity index (χ0v) is 18.7. The Labute approximate surface area is 192 Å². The molecule has 6 nitrogen and oxygen atoms in total. The zero-order valence-electron chi connectivity index (χ0n) is 17.8. The first-order valence-electron chi connectivity index (χ1n) is 10.2. The van der Waals surface area contributed by atoms with E-state index in [2.05, 4.69) is 0 Å². The van der Waals surface area contributed by atoms with E-state index >= 15 is 0 Å². The van der Waals surface area contributed by atoms with E-state index in [1.165, 1.54) is 35.6 Å². The lowest BCUT2D eigenvalue weighted by Gasteiger charge is -2.19. The van der Waals surface area contributed by atoms with Crippen molar-refractivity contribution in [3.8, 4) is 0 Å². The fourth-order valence-electron chi connectivity index (χ4n) is 3.36. The molecule has 0 aliphatic rings. The van der Waals surface area contributed by atoms with Gasteiger partial charge in [-0.05, 0) is 53.2 Å². The lowest BCUT2D eigenvalue weighted by atomic mass is 10.0. The van der Waals surface area contributed by atoms with Gasteiger partial charge in [-0.2, -0.15) is 0 Å². The molecule has 0 heterocycles. The second-order valence-electron chi connectivity index (χ2n) is 7.39. The van der Waals surface area contributed by atoms with E-state index in [1.807, 2.05) is 30.3 Å². The molecule has 0 saturated heterocycles. The second-order valence-corrected chi connectivity index (χ2v) is 9.36. The van der Waals surface area contributed by atoms with Gasteiger partial charge in [-0.15, -0.1) is 0 Å². The number of ether oxygens (including phenoxy) is 1. The number of carbonyl (C=O) groups is 2. The van der Waals surface area contributed by atoms with Crippen molar-refractivity contribution in [1.82, 2.24) is 0 Å². The van der Waals surface area contributed by atoms with Gasteiger partial charge < -0.3 is 4.74 Å².